The maximum absolute atomic E-state index is 3.77. The molecule has 1 saturated carbocycles. The molecule has 0 heterocycles. The molecule has 0 heteroatoms. The van der Waals surface area contributed by atoms with Crippen molar-refractivity contribution in [1.82, 2.24) is 0 Å². The molecule has 2 rings (SSSR count). The van der Waals surface area contributed by atoms with E-state index in [9.17, 15) is 0 Å². The van der Waals surface area contributed by atoms with E-state index in [4.69, 9.17) is 0 Å². The van der Waals surface area contributed by atoms with E-state index in [1.54, 1.807) is 5.56 Å². The third-order valence-electron chi connectivity index (χ3n) is 3.69. The molecule has 0 radical (unpaired) electrons. The van der Waals surface area contributed by atoms with Crippen LogP contribution in [-0.4, -0.2) is 0 Å². The standard InChI is InChI=1S/C16H22/c1-2-3-7-14-10-12-16(13-11-14)15-8-5-4-6-9-15/h2,10-13,15H,1,3-9H2. The van der Waals surface area contributed by atoms with Crippen LogP contribution in [0.25, 0.3) is 0 Å². The van der Waals surface area contributed by atoms with Gasteiger partial charge in [-0.25, -0.2) is 0 Å². The maximum Gasteiger partial charge on any atom is -0.0162 e. The van der Waals surface area contributed by atoms with Crippen LogP contribution in [0.1, 0.15) is 55.6 Å². The van der Waals surface area contributed by atoms with Crippen molar-refractivity contribution in [3.05, 3.63) is 48.0 Å². The third-order valence-corrected chi connectivity index (χ3v) is 3.69. The summed E-state index contributed by atoms with van der Waals surface area (Å²) in [5, 5.41) is 0. The van der Waals surface area contributed by atoms with E-state index in [-0.39, 0.29) is 0 Å². The molecule has 0 saturated heterocycles. The third kappa shape index (κ3) is 2.98. The molecule has 86 valence electrons. The van der Waals surface area contributed by atoms with E-state index in [0.29, 0.717) is 0 Å². The smallest absolute Gasteiger partial charge is 0.0162 e. The normalized spacial score (nSPS) is 17.2. The zero-order valence-corrected chi connectivity index (χ0v) is 10.1. The Morgan fingerprint density at radius 2 is 1.75 bits per heavy atom. The van der Waals surface area contributed by atoms with Crippen molar-refractivity contribution in [2.75, 3.05) is 0 Å². The van der Waals surface area contributed by atoms with Crippen molar-refractivity contribution in [2.45, 2.75) is 50.9 Å². The van der Waals surface area contributed by atoms with Crippen LogP contribution in [-0.2, 0) is 6.42 Å². The van der Waals surface area contributed by atoms with Crippen molar-refractivity contribution in [3.63, 3.8) is 0 Å². The molecule has 16 heavy (non-hydrogen) atoms. The summed E-state index contributed by atoms with van der Waals surface area (Å²) < 4.78 is 0. The predicted molar refractivity (Wildman–Crippen MR) is 70.8 cm³/mol. The number of rotatable bonds is 4. The quantitative estimate of drug-likeness (QED) is 0.628. The van der Waals surface area contributed by atoms with Crippen LogP contribution in [0.2, 0.25) is 0 Å². The lowest BCUT2D eigenvalue weighted by atomic mass is 9.84. The van der Waals surface area contributed by atoms with Crippen LogP contribution in [0.4, 0.5) is 0 Å². The highest BCUT2D eigenvalue weighted by Gasteiger charge is 2.14. The van der Waals surface area contributed by atoms with Crippen molar-refractivity contribution >= 4 is 0 Å². The SMILES string of the molecule is C=CCCc1ccc(C2CCCCC2)cc1. The molecule has 1 aliphatic carbocycles. The molecule has 1 aliphatic rings. The zero-order chi connectivity index (χ0) is 11.2. The number of allylic oxidation sites excluding steroid dienone is 1. The van der Waals surface area contributed by atoms with Crippen molar-refractivity contribution in [3.8, 4) is 0 Å². The molecule has 1 aromatic carbocycles. The van der Waals surface area contributed by atoms with Gasteiger partial charge in [-0.15, -0.1) is 6.58 Å². The Morgan fingerprint density at radius 1 is 1.06 bits per heavy atom. The van der Waals surface area contributed by atoms with Gasteiger partial charge in [-0.2, -0.15) is 0 Å². The molecule has 0 amide bonds. The fraction of sp³-hybridized carbons (Fsp3) is 0.500. The molecule has 0 N–H and O–H groups in total. The van der Waals surface area contributed by atoms with E-state index < -0.39 is 0 Å². The minimum Gasteiger partial charge on any atom is -0.103 e. The lowest BCUT2D eigenvalue weighted by Crippen LogP contribution is -2.04. The molecule has 1 aromatic rings. The maximum atomic E-state index is 3.77. The topological polar surface area (TPSA) is 0 Å². The molecule has 0 atom stereocenters. The monoisotopic (exact) mass is 214 g/mol. The highest BCUT2D eigenvalue weighted by Crippen LogP contribution is 2.32. The highest BCUT2D eigenvalue weighted by molar-refractivity contribution is 5.26. The van der Waals surface area contributed by atoms with Crippen LogP contribution < -0.4 is 0 Å². The van der Waals surface area contributed by atoms with Gasteiger partial charge in [-0.05, 0) is 42.7 Å². The summed E-state index contributed by atoms with van der Waals surface area (Å²) in [7, 11) is 0. The summed E-state index contributed by atoms with van der Waals surface area (Å²) in [5.41, 5.74) is 3.00. The predicted octanol–water partition coefficient (Wildman–Crippen LogP) is 4.85. The van der Waals surface area contributed by atoms with Gasteiger partial charge in [0.25, 0.3) is 0 Å². The molecule has 0 nitrogen and oxygen atoms in total. The zero-order valence-electron chi connectivity index (χ0n) is 10.1. The molecule has 0 bridgehead atoms. The Morgan fingerprint density at radius 3 is 2.38 bits per heavy atom. The van der Waals surface area contributed by atoms with E-state index >= 15 is 0 Å². The van der Waals surface area contributed by atoms with Gasteiger partial charge in [-0.1, -0.05) is 49.6 Å². The average molecular weight is 214 g/mol. The van der Waals surface area contributed by atoms with Crippen molar-refractivity contribution in [1.29, 1.82) is 0 Å². The molecule has 1 fully saturated rings. The van der Waals surface area contributed by atoms with Gasteiger partial charge >= 0.3 is 0 Å². The minimum atomic E-state index is 0.835. The van der Waals surface area contributed by atoms with Gasteiger partial charge in [0.2, 0.25) is 0 Å². The average Bonchev–Trinajstić information content (AvgIpc) is 2.38. The van der Waals surface area contributed by atoms with E-state index in [1.165, 1.54) is 37.7 Å². The highest BCUT2D eigenvalue weighted by atomic mass is 14.2. The number of hydrogen-bond acceptors (Lipinski definition) is 0. The summed E-state index contributed by atoms with van der Waals surface area (Å²) in [4.78, 5) is 0. The lowest BCUT2D eigenvalue weighted by molar-refractivity contribution is 0.443. The largest absolute Gasteiger partial charge is 0.103 e. The fourth-order valence-corrected chi connectivity index (χ4v) is 2.66. The van der Waals surface area contributed by atoms with Gasteiger partial charge in [0.05, 0.1) is 0 Å². The van der Waals surface area contributed by atoms with Gasteiger partial charge < -0.3 is 0 Å². The Kier molecular flexibility index (Phi) is 4.21. The van der Waals surface area contributed by atoms with E-state index in [0.717, 1.165) is 18.8 Å². The summed E-state index contributed by atoms with van der Waals surface area (Å²) in [6, 6.07) is 9.28. The van der Waals surface area contributed by atoms with Crippen LogP contribution in [0.3, 0.4) is 0 Å². The Labute approximate surface area is 99.4 Å². The van der Waals surface area contributed by atoms with E-state index in [2.05, 4.69) is 30.8 Å². The molecular weight excluding hydrogens is 192 g/mol. The van der Waals surface area contributed by atoms with Gasteiger partial charge in [-0.3, -0.25) is 0 Å². The van der Waals surface area contributed by atoms with Crippen molar-refractivity contribution < 1.29 is 0 Å². The molecule has 0 spiro atoms. The van der Waals surface area contributed by atoms with Crippen LogP contribution >= 0.6 is 0 Å². The van der Waals surface area contributed by atoms with Crippen LogP contribution in [0.5, 0.6) is 0 Å². The Hall–Kier alpha value is -1.04. The van der Waals surface area contributed by atoms with Gasteiger partial charge in [0, 0.05) is 0 Å². The molecular formula is C16H22. The second-order valence-corrected chi connectivity index (χ2v) is 4.90. The summed E-state index contributed by atoms with van der Waals surface area (Å²) in [5.74, 6) is 0.835. The first kappa shape index (κ1) is 11.4. The number of benzene rings is 1. The summed E-state index contributed by atoms with van der Waals surface area (Å²) in [6.45, 7) is 3.77. The Balaban J connectivity index is 1.97. The summed E-state index contributed by atoms with van der Waals surface area (Å²) >= 11 is 0. The Bertz CT molecular complexity index is 314. The molecule has 0 aliphatic heterocycles. The summed E-state index contributed by atoms with van der Waals surface area (Å²) in [6.07, 6.45) is 11.3. The first-order valence-corrected chi connectivity index (χ1v) is 6.60. The molecule has 0 unspecified atom stereocenters. The van der Waals surface area contributed by atoms with Crippen LogP contribution in [0.15, 0.2) is 36.9 Å². The molecule has 0 aromatic heterocycles. The van der Waals surface area contributed by atoms with Gasteiger partial charge in [0.15, 0.2) is 0 Å². The number of hydrogen-bond donors (Lipinski definition) is 0. The second kappa shape index (κ2) is 5.89. The van der Waals surface area contributed by atoms with Crippen molar-refractivity contribution in [2.24, 2.45) is 0 Å². The number of aryl methyl sites for hydroxylation is 1. The fourth-order valence-electron chi connectivity index (χ4n) is 2.66. The van der Waals surface area contributed by atoms with Gasteiger partial charge in [0.1, 0.15) is 0 Å². The lowest BCUT2D eigenvalue weighted by Gasteiger charge is -2.22. The minimum absolute atomic E-state index is 0.835. The first-order valence-electron chi connectivity index (χ1n) is 6.60. The van der Waals surface area contributed by atoms with Crippen LogP contribution in [0, 0.1) is 0 Å². The second-order valence-electron chi connectivity index (χ2n) is 4.90. The first-order chi connectivity index (χ1) is 7.90. The van der Waals surface area contributed by atoms with E-state index in [1.807, 2.05) is 6.08 Å².